The van der Waals surface area contributed by atoms with E-state index >= 15 is 0 Å². The molecule has 0 fully saturated rings. The van der Waals surface area contributed by atoms with E-state index in [0.29, 0.717) is 38.0 Å². The Balaban J connectivity index is 1.41. The van der Waals surface area contributed by atoms with E-state index in [1.807, 2.05) is 24.3 Å². The van der Waals surface area contributed by atoms with Crippen LogP contribution in [0.3, 0.4) is 0 Å². The fourth-order valence-corrected chi connectivity index (χ4v) is 4.37. The third-order valence-electron chi connectivity index (χ3n) is 4.40. The molecule has 9 heteroatoms. The van der Waals surface area contributed by atoms with E-state index in [1.165, 1.54) is 6.21 Å². The highest BCUT2D eigenvalue weighted by Gasteiger charge is 2.12. The van der Waals surface area contributed by atoms with Crippen molar-refractivity contribution >= 4 is 78.2 Å². The van der Waals surface area contributed by atoms with Gasteiger partial charge in [-0.3, -0.25) is 4.79 Å². The van der Waals surface area contributed by atoms with Gasteiger partial charge in [-0.2, -0.15) is 5.10 Å². The second-order valence-corrected chi connectivity index (χ2v) is 9.33. The zero-order valence-electron chi connectivity index (χ0n) is 16.2. The quantitative estimate of drug-likeness (QED) is 0.184. The first-order valence-corrected chi connectivity index (χ1v) is 11.6. The Bertz CT molecular complexity index is 1300. The molecule has 4 aromatic rings. The molecular weight excluding hydrogens is 583 g/mol. The van der Waals surface area contributed by atoms with Crippen LogP contribution in [0.4, 0.5) is 0 Å². The van der Waals surface area contributed by atoms with E-state index < -0.39 is 5.91 Å². The van der Waals surface area contributed by atoms with Crippen molar-refractivity contribution in [2.24, 2.45) is 5.10 Å². The van der Waals surface area contributed by atoms with Gasteiger partial charge in [-0.1, -0.05) is 51.3 Å². The summed E-state index contributed by atoms with van der Waals surface area (Å²) in [6, 6.07) is 18.0. The Morgan fingerprint density at radius 3 is 2.59 bits per heavy atom. The van der Waals surface area contributed by atoms with Crippen LogP contribution >= 0.6 is 55.1 Å². The zero-order chi connectivity index (χ0) is 22.7. The average molecular weight is 597 g/mol. The molecule has 5 nitrogen and oxygen atoms in total. The molecular formula is C23H14Br2Cl2N2O3. The third kappa shape index (κ3) is 5.53. The van der Waals surface area contributed by atoms with Crippen LogP contribution in [0.5, 0.6) is 5.75 Å². The van der Waals surface area contributed by atoms with Crippen molar-refractivity contribution in [2.45, 2.75) is 6.61 Å². The molecule has 0 aliphatic carbocycles. The lowest BCUT2D eigenvalue weighted by Crippen LogP contribution is -2.16. The lowest BCUT2D eigenvalue weighted by Gasteiger charge is -2.11. The molecule has 1 N–H and O–H groups in total. The van der Waals surface area contributed by atoms with Crippen molar-refractivity contribution < 1.29 is 13.9 Å². The van der Waals surface area contributed by atoms with Crippen molar-refractivity contribution in [1.29, 1.82) is 0 Å². The van der Waals surface area contributed by atoms with Crippen LogP contribution in [0.25, 0.3) is 11.0 Å². The molecule has 4 rings (SSSR count). The summed E-state index contributed by atoms with van der Waals surface area (Å²) in [6.45, 7) is 0.340. The van der Waals surface area contributed by atoms with Gasteiger partial charge in [0.2, 0.25) is 0 Å². The van der Waals surface area contributed by atoms with Gasteiger partial charge in [0, 0.05) is 14.9 Å². The number of rotatable bonds is 6. The highest BCUT2D eigenvalue weighted by atomic mass is 79.9. The van der Waals surface area contributed by atoms with Crippen LogP contribution in [-0.4, -0.2) is 12.1 Å². The first-order chi connectivity index (χ1) is 15.4. The number of halogens is 4. The SMILES string of the molecule is O=C(N/N=C/c1cc(Cl)c(OCc2ccc(Cl)cc2)c(Br)c1)c1cc2cc(Br)ccc2o1. The van der Waals surface area contributed by atoms with Crippen LogP contribution in [0, 0.1) is 0 Å². The van der Waals surface area contributed by atoms with Crippen molar-refractivity contribution in [3.8, 4) is 5.75 Å². The Hall–Kier alpha value is -2.32. The number of ether oxygens (including phenoxy) is 1. The lowest BCUT2D eigenvalue weighted by atomic mass is 10.2. The van der Waals surface area contributed by atoms with E-state index in [-0.39, 0.29) is 5.76 Å². The fourth-order valence-electron chi connectivity index (χ4n) is 2.87. The summed E-state index contributed by atoms with van der Waals surface area (Å²) < 4.78 is 12.9. The number of carbonyl (C=O) groups is 1. The molecule has 1 heterocycles. The molecule has 0 saturated heterocycles. The number of hydrazone groups is 1. The molecule has 1 aromatic heterocycles. The molecule has 0 bridgehead atoms. The van der Waals surface area contributed by atoms with Crippen molar-refractivity contribution in [3.05, 3.63) is 96.5 Å². The maximum Gasteiger partial charge on any atom is 0.307 e. The number of fused-ring (bicyclic) bond motifs is 1. The average Bonchev–Trinajstić information content (AvgIpc) is 3.18. The summed E-state index contributed by atoms with van der Waals surface area (Å²) in [5, 5.41) is 5.88. The van der Waals surface area contributed by atoms with E-state index in [1.54, 1.807) is 36.4 Å². The van der Waals surface area contributed by atoms with Crippen molar-refractivity contribution in [2.75, 3.05) is 0 Å². The van der Waals surface area contributed by atoms with Crippen LogP contribution < -0.4 is 10.2 Å². The topological polar surface area (TPSA) is 63.8 Å². The van der Waals surface area contributed by atoms with E-state index in [0.717, 1.165) is 15.4 Å². The van der Waals surface area contributed by atoms with Gasteiger partial charge in [0.25, 0.3) is 0 Å². The van der Waals surface area contributed by atoms with Gasteiger partial charge in [-0.15, -0.1) is 0 Å². The van der Waals surface area contributed by atoms with E-state index in [2.05, 4.69) is 42.4 Å². The molecule has 0 atom stereocenters. The molecule has 3 aromatic carbocycles. The molecule has 0 aliphatic rings. The van der Waals surface area contributed by atoms with Gasteiger partial charge in [-0.25, -0.2) is 5.43 Å². The standard InChI is InChI=1S/C23H14Br2Cl2N2O3/c24-16-3-6-20-15(9-16)10-21(32-20)23(30)29-28-11-14-7-18(25)22(19(27)8-14)31-12-13-1-4-17(26)5-2-13/h1-11H,12H2,(H,29,30)/b28-11+. The van der Waals surface area contributed by atoms with Crippen LogP contribution in [0.15, 0.2) is 79.1 Å². The molecule has 0 radical (unpaired) electrons. The minimum atomic E-state index is -0.457. The molecule has 1 amide bonds. The summed E-state index contributed by atoms with van der Waals surface area (Å²) in [5.41, 5.74) is 4.71. The minimum absolute atomic E-state index is 0.167. The highest BCUT2D eigenvalue weighted by molar-refractivity contribution is 9.10. The lowest BCUT2D eigenvalue weighted by molar-refractivity contribution is 0.0929. The molecule has 0 spiro atoms. The molecule has 162 valence electrons. The van der Waals surface area contributed by atoms with Crippen LogP contribution in [0.2, 0.25) is 10.0 Å². The molecule has 0 aliphatic heterocycles. The van der Waals surface area contributed by atoms with Gasteiger partial charge in [-0.05, 0) is 75.6 Å². The maximum absolute atomic E-state index is 12.3. The van der Waals surface area contributed by atoms with Crippen LogP contribution in [0.1, 0.15) is 21.7 Å². The van der Waals surface area contributed by atoms with Gasteiger partial charge in [0.1, 0.15) is 12.2 Å². The predicted octanol–water partition coefficient (Wildman–Crippen LogP) is 7.61. The monoisotopic (exact) mass is 594 g/mol. The maximum atomic E-state index is 12.3. The smallest absolute Gasteiger partial charge is 0.307 e. The van der Waals surface area contributed by atoms with Crippen molar-refractivity contribution in [1.82, 2.24) is 5.43 Å². The van der Waals surface area contributed by atoms with Gasteiger partial charge < -0.3 is 9.15 Å². The van der Waals surface area contributed by atoms with Gasteiger partial charge in [0.05, 0.1) is 15.7 Å². The molecule has 0 unspecified atom stereocenters. The number of amides is 1. The summed E-state index contributed by atoms with van der Waals surface area (Å²) in [6.07, 6.45) is 1.48. The first kappa shape index (κ1) is 22.9. The Morgan fingerprint density at radius 1 is 1.06 bits per heavy atom. The number of nitrogens with one attached hydrogen (secondary N) is 1. The normalized spacial score (nSPS) is 11.2. The van der Waals surface area contributed by atoms with Crippen molar-refractivity contribution in [3.63, 3.8) is 0 Å². The number of furan rings is 1. The largest absolute Gasteiger partial charge is 0.486 e. The Labute approximate surface area is 210 Å². The highest BCUT2D eigenvalue weighted by Crippen LogP contribution is 2.34. The third-order valence-corrected chi connectivity index (χ3v) is 6.01. The first-order valence-electron chi connectivity index (χ1n) is 9.28. The Morgan fingerprint density at radius 2 is 1.84 bits per heavy atom. The minimum Gasteiger partial charge on any atom is -0.486 e. The van der Waals surface area contributed by atoms with E-state index in [9.17, 15) is 4.79 Å². The zero-order valence-corrected chi connectivity index (χ0v) is 20.9. The second-order valence-electron chi connectivity index (χ2n) is 6.72. The fraction of sp³-hybridized carbons (Fsp3) is 0.0435. The summed E-state index contributed by atoms with van der Waals surface area (Å²) >= 11 is 19.1. The number of nitrogens with zero attached hydrogens (tertiary/aromatic N) is 1. The van der Waals surface area contributed by atoms with Crippen LogP contribution in [-0.2, 0) is 6.61 Å². The second kappa shape index (κ2) is 10.1. The molecule has 0 saturated carbocycles. The number of hydrogen-bond acceptors (Lipinski definition) is 4. The summed E-state index contributed by atoms with van der Waals surface area (Å²) in [4.78, 5) is 12.3. The number of carbonyl (C=O) groups excluding carboxylic acids is 1. The number of hydrogen-bond donors (Lipinski definition) is 1. The number of benzene rings is 3. The van der Waals surface area contributed by atoms with E-state index in [4.69, 9.17) is 32.4 Å². The Kier molecular flexibility index (Phi) is 7.20. The molecule has 32 heavy (non-hydrogen) atoms. The van der Waals surface area contributed by atoms with Gasteiger partial charge in [0.15, 0.2) is 11.5 Å². The van der Waals surface area contributed by atoms with Gasteiger partial charge >= 0.3 is 5.91 Å². The summed E-state index contributed by atoms with van der Waals surface area (Å²) in [7, 11) is 0. The predicted molar refractivity (Wildman–Crippen MR) is 134 cm³/mol. The summed E-state index contributed by atoms with van der Waals surface area (Å²) in [5.74, 6) is 0.221.